The molecule has 0 aliphatic heterocycles. The van der Waals surface area contributed by atoms with E-state index in [-0.39, 0.29) is 10.2 Å². The summed E-state index contributed by atoms with van der Waals surface area (Å²) in [6.45, 7) is 1.43. The number of carboxylic acid groups (broad SMARTS) is 1. The Hall–Kier alpha value is -2.37. The smallest absolute Gasteiger partial charge is 0.344 e. The Morgan fingerprint density at radius 1 is 1.16 bits per heavy atom. The normalized spacial score (nSPS) is 12.2. The minimum Gasteiger partial charge on any atom is -0.479 e. The standard InChI is InChI=1S/C18H12Cl2FNO3/c1-9(18(23)24)25-11-3-5-12-14(7-11)17(20)22-8-15(12)13-4-2-10(21)6-16(13)19/h2-9H,1H3,(H,23,24)/t9-/m0/s1. The minimum absolute atomic E-state index is 0.241. The Labute approximate surface area is 152 Å². The Balaban J connectivity index is 2.13. The first-order valence-electron chi connectivity index (χ1n) is 7.30. The van der Waals surface area contributed by atoms with Gasteiger partial charge in [-0.2, -0.15) is 0 Å². The first-order valence-corrected chi connectivity index (χ1v) is 8.05. The molecule has 1 atom stereocenters. The van der Waals surface area contributed by atoms with Crippen LogP contribution in [0.15, 0.2) is 42.6 Å². The van der Waals surface area contributed by atoms with Crippen molar-refractivity contribution in [1.29, 1.82) is 0 Å². The monoisotopic (exact) mass is 379 g/mol. The van der Waals surface area contributed by atoms with Gasteiger partial charge in [0, 0.05) is 22.7 Å². The summed E-state index contributed by atoms with van der Waals surface area (Å²) in [5.41, 5.74) is 1.30. The lowest BCUT2D eigenvalue weighted by Gasteiger charge is -2.13. The van der Waals surface area contributed by atoms with E-state index in [2.05, 4.69) is 4.98 Å². The number of carbonyl (C=O) groups is 1. The highest BCUT2D eigenvalue weighted by Gasteiger charge is 2.15. The summed E-state index contributed by atoms with van der Waals surface area (Å²) in [6, 6.07) is 9.10. The molecule has 0 aliphatic carbocycles. The number of hydrogen-bond donors (Lipinski definition) is 1. The number of carboxylic acids is 1. The number of halogens is 3. The number of fused-ring (bicyclic) bond motifs is 1. The van der Waals surface area contributed by atoms with E-state index in [9.17, 15) is 9.18 Å². The Bertz CT molecular complexity index is 978. The molecule has 4 nitrogen and oxygen atoms in total. The van der Waals surface area contributed by atoms with Gasteiger partial charge in [0.05, 0.1) is 5.02 Å². The van der Waals surface area contributed by atoms with Crippen molar-refractivity contribution in [3.63, 3.8) is 0 Å². The van der Waals surface area contributed by atoms with Gasteiger partial charge >= 0.3 is 5.97 Å². The van der Waals surface area contributed by atoms with Crippen LogP contribution in [-0.4, -0.2) is 22.2 Å². The molecular formula is C18H12Cl2FNO3. The molecule has 0 aliphatic rings. The van der Waals surface area contributed by atoms with Gasteiger partial charge in [-0.05, 0) is 48.7 Å². The zero-order valence-electron chi connectivity index (χ0n) is 13.0. The van der Waals surface area contributed by atoms with E-state index in [0.29, 0.717) is 22.3 Å². The SMILES string of the molecule is C[C@H](Oc1ccc2c(-c3ccc(F)cc3Cl)cnc(Cl)c2c1)C(=O)O. The van der Waals surface area contributed by atoms with Crippen molar-refractivity contribution in [3.8, 4) is 16.9 Å². The second kappa shape index (κ2) is 6.86. The van der Waals surface area contributed by atoms with Crippen LogP contribution >= 0.6 is 23.2 Å². The van der Waals surface area contributed by atoms with Crippen LogP contribution in [0.5, 0.6) is 5.75 Å². The van der Waals surface area contributed by atoms with Crippen molar-refractivity contribution in [1.82, 2.24) is 4.98 Å². The summed E-state index contributed by atoms with van der Waals surface area (Å²) in [6.07, 6.45) is 0.559. The number of benzene rings is 2. The van der Waals surface area contributed by atoms with Crippen molar-refractivity contribution < 1.29 is 19.0 Å². The number of ether oxygens (including phenoxy) is 1. The minimum atomic E-state index is -1.07. The molecule has 0 fully saturated rings. The second-order valence-corrected chi connectivity index (χ2v) is 6.16. The van der Waals surface area contributed by atoms with E-state index in [0.717, 1.165) is 5.39 Å². The van der Waals surface area contributed by atoms with Crippen LogP contribution in [0.1, 0.15) is 6.92 Å². The summed E-state index contributed by atoms with van der Waals surface area (Å²) >= 11 is 12.3. The molecule has 0 saturated carbocycles. The highest BCUT2D eigenvalue weighted by atomic mass is 35.5. The third-order valence-electron chi connectivity index (χ3n) is 3.69. The molecule has 1 aromatic heterocycles. The Morgan fingerprint density at radius 2 is 1.92 bits per heavy atom. The molecule has 1 heterocycles. The van der Waals surface area contributed by atoms with Crippen molar-refractivity contribution in [2.24, 2.45) is 0 Å². The number of aliphatic carboxylic acids is 1. The zero-order valence-corrected chi connectivity index (χ0v) is 14.5. The summed E-state index contributed by atoms with van der Waals surface area (Å²) in [5.74, 6) is -1.15. The van der Waals surface area contributed by atoms with Crippen molar-refractivity contribution in [3.05, 3.63) is 58.6 Å². The molecule has 1 N–H and O–H groups in total. The van der Waals surface area contributed by atoms with Gasteiger partial charge in [0.25, 0.3) is 0 Å². The maximum absolute atomic E-state index is 13.3. The van der Waals surface area contributed by atoms with Crippen LogP contribution in [0.4, 0.5) is 4.39 Å². The fourth-order valence-electron chi connectivity index (χ4n) is 2.44. The van der Waals surface area contributed by atoms with Gasteiger partial charge in [0.2, 0.25) is 0 Å². The van der Waals surface area contributed by atoms with E-state index in [1.54, 1.807) is 30.5 Å². The lowest BCUT2D eigenvalue weighted by atomic mass is 10.0. The predicted molar refractivity (Wildman–Crippen MR) is 94.9 cm³/mol. The van der Waals surface area contributed by atoms with Crippen LogP contribution in [0, 0.1) is 5.82 Å². The van der Waals surface area contributed by atoms with E-state index < -0.39 is 17.9 Å². The molecule has 3 rings (SSSR count). The Morgan fingerprint density at radius 3 is 2.60 bits per heavy atom. The van der Waals surface area contributed by atoms with Gasteiger partial charge in [-0.3, -0.25) is 0 Å². The molecule has 0 spiro atoms. The lowest BCUT2D eigenvalue weighted by Crippen LogP contribution is -2.22. The molecule has 0 saturated heterocycles. The number of aromatic nitrogens is 1. The topological polar surface area (TPSA) is 59.4 Å². The summed E-state index contributed by atoms with van der Waals surface area (Å²) < 4.78 is 18.7. The molecule has 0 unspecified atom stereocenters. The average Bonchev–Trinajstić information content (AvgIpc) is 2.56. The fraction of sp³-hybridized carbons (Fsp3) is 0.111. The first-order chi connectivity index (χ1) is 11.9. The lowest BCUT2D eigenvalue weighted by molar-refractivity contribution is -0.144. The summed E-state index contributed by atoms with van der Waals surface area (Å²) in [5, 5.41) is 10.8. The number of nitrogens with zero attached hydrogens (tertiary/aromatic N) is 1. The van der Waals surface area contributed by atoms with E-state index in [1.165, 1.54) is 19.1 Å². The van der Waals surface area contributed by atoms with Gasteiger partial charge in [-0.15, -0.1) is 0 Å². The van der Waals surface area contributed by atoms with Gasteiger partial charge in [0.1, 0.15) is 16.7 Å². The zero-order chi connectivity index (χ0) is 18.1. The summed E-state index contributed by atoms with van der Waals surface area (Å²) in [7, 11) is 0. The van der Waals surface area contributed by atoms with Crippen LogP contribution in [0.2, 0.25) is 10.2 Å². The highest BCUT2D eigenvalue weighted by Crippen LogP contribution is 2.37. The van der Waals surface area contributed by atoms with Crippen LogP contribution in [0.3, 0.4) is 0 Å². The van der Waals surface area contributed by atoms with Gasteiger partial charge < -0.3 is 9.84 Å². The number of rotatable bonds is 4. The molecule has 0 radical (unpaired) electrons. The molecule has 25 heavy (non-hydrogen) atoms. The van der Waals surface area contributed by atoms with Crippen LogP contribution in [0.25, 0.3) is 21.9 Å². The van der Waals surface area contributed by atoms with Crippen LogP contribution in [-0.2, 0) is 4.79 Å². The third-order valence-corrected chi connectivity index (χ3v) is 4.31. The molecule has 0 amide bonds. The predicted octanol–water partition coefficient (Wildman–Crippen LogP) is 5.20. The average molecular weight is 380 g/mol. The van der Waals surface area contributed by atoms with Gasteiger partial charge in [-0.1, -0.05) is 23.2 Å². The first kappa shape index (κ1) is 17.5. The molecule has 7 heteroatoms. The van der Waals surface area contributed by atoms with Gasteiger partial charge in [-0.25, -0.2) is 14.2 Å². The molecule has 2 aromatic carbocycles. The molecule has 128 valence electrons. The largest absolute Gasteiger partial charge is 0.479 e. The van der Waals surface area contributed by atoms with E-state index in [4.69, 9.17) is 33.0 Å². The Kier molecular flexibility index (Phi) is 4.79. The van der Waals surface area contributed by atoms with Crippen molar-refractivity contribution in [2.45, 2.75) is 13.0 Å². The maximum Gasteiger partial charge on any atom is 0.344 e. The maximum atomic E-state index is 13.3. The molecule has 0 bridgehead atoms. The van der Waals surface area contributed by atoms with Crippen molar-refractivity contribution in [2.75, 3.05) is 0 Å². The number of hydrogen-bond acceptors (Lipinski definition) is 3. The third kappa shape index (κ3) is 3.52. The van der Waals surface area contributed by atoms with E-state index in [1.807, 2.05) is 0 Å². The summed E-state index contributed by atoms with van der Waals surface area (Å²) in [4.78, 5) is 15.1. The quantitative estimate of drug-likeness (QED) is 0.632. The molecular weight excluding hydrogens is 368 g/mol. The highest BCUT2D eigenvalue weighted by molar-refractivity contribution is 6.36. The second-order valence-electron chi connectivity index (χ2n) is 5.39. The number of pyridine rings is 1. The van der Waals surface area contributed by atoms with Gasteiger partial charge in [0.15, 0.2) is 6.10 Å². The van der Waals surface area contributed by atoms with Crippen molar-refractivity contribution >= 4 is 39.9 Å². The fourth-order valence-corrected chi connectivity index (χ4v) is 2.91. The van der Waals surface area contributed by atoms with Crippen LogP contribution < -0.4 is 4.74 Å². The molecule has 3 aromatic rings. The van der Waals surface area contributed by atoms with E-state index >= 15 is 0 Å².